The molecule has 1 aromatic carbocycles. The van der Waals surface area contributed by atoms with Gasteiger partial charge in [0.1, 0.15) is 28.8 Å². The van der Waals surface area contributed by atoms with Crippen molar-refractivity contribution in [1.82, 2.24) is 15.3 Å². The van der Waals surface area contributed by atoms with E-state index in [4.69, 9.17) is 10.8 Å². The van der Waals surface area contributed by atoms with Crippen LogP contribution in [0.3, 0.4) is 0 Å². The lowest BCUT2D eigenvalue weighted by atomic mass is 9.75. The van der Waals surface area contributed by atoms with Crippen LogP contribution in [0.25, 0.3) is 11.3 Å². The molecule has 0 spiro atoms. The Kier molecular flexibility index (Phi) is 7.49. The van der Waals surface area contributed by atoms with Crippen LogP contribution >= 0.6 is 0 Å². The van der Waals surface area contributed by atoms with E-state index in [9.17, 15) is 24.2 Å². The number of nitrogens with two attached hydrogens (primary N) is 1. The monoisotopic (exact) mass is 568 g/mol. The zero-order chi connectivity index (χ0) is 29.5. The number of carbonyl (C=O) groups is 2. The number of carboxylic acid groups (broad SMARTS) is 1. The summed E-state index contributed by atoms with van der Waals surface area (Å²) in [7, 11) is 0. The Bertz CT molecular complexity index is 1470. The summed E-state index contributed by atoms with van der Waals surface area (Å²) in [4.78, 5) is 34.4. The molecule has 216 valence electrons. The maximum Gasteiger partial charge on any atom is 0.404 e. The second-order valence-electron chi connectivity index (χ2n) is 10.6. The number of nitrogens with zero attached hydrogens (tertiary/aromatic N) is 3. The van der Waals surface area contributed by atoms with Crippen LogP contribution < -0.4 is 21.3 Å². The number of hydrogen-bond donors (Lipinski definition) is 6. The number of piperidine rings is 1. The molecule has 1 saturated carbocycles. The first kappa shape index (κ1) is 28.2. The van der Waals surface area contributed by atoms with Gasteiger partial charge in [0.15, 0.2) is 0 Å². The van der Waals surface area contributed by atoms with Gasteiger partial charge in [0, 0.05) is 25.3 Å². The number of carbonyl (C=O) groups excluding carboxylic acids is 1. The summed E-state index contributed by atoms with van der Waals surface area (Å²) in [5.41, 5.74) is 4.78. The van der Waals surface area contributed by atoms with Gasteiger partial charge in [-0.3, -0.25) is 9.78 Å². The predicted octanol–water partition coefficient (Wildman–Crippen LogP) is 3.17. The number of phenolic OH excluding ortho intramolecular Hbond substituents is 1. The Morgan fingerprint density at radius 3 is 2.54 bits per heavy atom. The molecule has 0 radical (unpaired) electrons. The van der Waals surface area contributed by atoms with E-state index in [1.807, 2.05) is 11.8 Å². The van der Waals surface area contributed by atoms with E-state index in [0.29, 0.717) is 37.3 Å². The summed E-state index contributed by atoms with van der Waals surface area (Å²) in [5, 5.41) is 35.4. The Labute approximate surface area is 234 Å². The number of phenols is 1. The van der Waals surface area contributed by atoms with E-state index in [1.54, 1.807) is 6.07 Å². The van der Waals surface area contributed by atoms with Gasteiger partial charge in [-0.1, -0.05) is 6.92 Å². The molecule has 11 nitrogen and oxygen atoms in total. The van der Waals surface area contributed by atoms with Crippen molar-refractivity contribution in [3.05, 3.63) is 65.6 Å². The van der Waals surface area contributed by atoms with Crippen molar-refractivity contribution < 1.29 is 33.7 Å². The topological polar surface area (TPSA) is 174 Å². The fraction of sp³-hybridized carbons (Fsp3) is 0.357. The van der Waals surface area contributed by atoms with E-state index in [1.165, 1.54) is 18.5 Å². The summed E-state index contributed by atoms with van der Waals surface area (Å²) in [5.74, 6) is -3.42. The highest BCUT2D eigenvalue weighted by molar-refractivity contribution is 6.05. The molecule has 1 saturated heterocycles. The number of aliphatic hydroxyl groups is 1. The molecule has 1 aliphatic heterocycles. The number of rotatable bonds is 6. The molecule has 2 fully saturated rings. The largest absolute Gasteiger partial charge is 0.507 e. The fourth-order valence-corrected chi connectivity index (χ4v) is 5.50. The molecular weight excluding hydrogens is 538 g/mol. The molecule has 3 atom stereocenters. The molecule has 0 unspecified atom stereocenters. The highest BCUT2D eigenvalue weighted by Gasteiger charge is 2.38. The van der Waals surface area contributed by atoms with Gasteiger partial charge in [0.25, 0.3) is 5.91 Å². The average molecular weight is 569 g/mol. The first-order valence-electron chi connectivity index (χ1n) is 13.1. The van der Waals surface area contributed by atoms with Gasteiger partial charge in [-0.25, -0.2) is 18.6 Å². The van der Waals surface area contributed by atoms with E-state index < -0.39 is 58.3 Å². The Morgan fingerprint density at radius 2 is 1.90 bits per heavy atom. The number of amides is 2. The van der Waals surface area contributed by atoms with Gasteiger partial charge in [-0.15, -0.1) is 0 Å². The number of aromatic nitrogens is 2. The standard InChI is InChI=1S/C28H30F2N6O5/c1-14-12-36(13-18(31)24(14)35-27(39)40)21-5-8-32-11-20(21)34-26(38)19-4-3-16(29)25(33-19)23-17(30)9-15(10-22(23)37)28(41)6-2-7-28/h3-5,8-11,14,18,24,35,37,41H,2,6-7,12-13,31H2,1H3,(H,34,38)(H,39,40)/t14-,18+,24-/m0/s1. The summed E-state index contributed by atoms with van der Waals surface area (Å²) in [6, 6.07) is 5.02. The molecule has 41 heavy (non-hydrogen) atoms. The molecule has 7 N–H and O–H groups in total. The van der Waals surface area contributed by atoms with Crippen LogP contribution in [-0.2, 0) is 5.60 Å². The van der Waals surface area contributed by atoms with Crippen molar-refractivity contribution in [3.8, 4) is 17.0 Å². The molecule has 2 amide bonds. The molecule has 2 aromatic heterocycles. The van der Waals surface area contributed by atoms with Crippen LogP contribution in [0.4, 0.5) is 25.0 Å². The second kappa shape index (κ2) is 10.9. The SMILES string of the molecule is C[C@H]1CN(c2ccncc2NC(=O)c2ccc(F)c(-c3c(O)cc(C4(O)CCC4)cc3F)n2)C[C@@H](N)[C@H]1NC(=O)O. The quantitative estimate of drug-likeness (QED) is 0.261. The normalized spacial score (nSPS) is 21.6. The van der Waals surface area contributed by atoms with Crippen molar-refractivity contribution in [1.29, 1.82) is 0 Å². The van der Waals surface area contributed by atoms with Crippen LogP contribution in [0, 0.1) is 17.6 Å². The number of aromatic hydroxyl groups is 1. The highest BCUT2D eigenvalue weighted by Crippen LogP contribution is 2.44. The average Bonchev–Trinajstić information content (AvgIpc) is 2.90. The van der Waals surface area contributed by atoms with Gasteiger partial charge in [0.05, 0.1) is 34.8 Å². The third kappa shape index (κ3) is 5.50. The van der Waals surface area contributed by atoms with Crippen molar-refractivity contribution in [2.24, 2.45) is 11.7 Å². The second-order valence-corrected chi connectivity index (χ2v) is 10.6. The zero-order valence-electron chi connectivity index (χ0n) is 22.1. The molecule has 3 heterocycles. The molecule has 0 bridgehead atoms. The zero-order valence-corrected chi connectivity index (χ0v) is 22.1. The number of anilines is 2. The molecular formula is C28H30F2N6O5. The number of nitrogens with one attached hydrogen (secondary N) is 2. The van der Waals surface area contributed by atoms with Gasteiger partial charge in [-0.2, -0.15) is 0 Å². The molecule has 5 rings (SSSR count). The minimum atomic E-state index is -1.24. The number of pyridine rings is 2. The summed E-state index contributed by atoms with van der Waals surface area (Å²) in [6.07, 6.45) is 3.40. The third-order valence-electron chi connectivity index (χ3n) is 7.79. The Morgan fingerprint density at radius 1 is 1.15 bits per heavy atom. The maximum atomic E-state index is 15.1. The Hall–Kier alpha value is -4.36. The number of hydrogen-bond acceptors (Lipinski definition) is 8. The first-order chi connectivity index (χ1) is 19.5. The minimum Gasteiger partial charge on any atom is -0.507 e. The van der Waals surface area contributed by atoms with Crippen molar-refractivity contribution in [3.63, 3.8) is 0 Å². The first-order valence-corrected chi connectivity index (χ1v) is 13.1. The fourth-order valence-electron chi connectivity index (χ4n) is 5.50. The number of benzene rings is 1. The minimum absolute atomic E-state index is 0.146. The van der Waals surface area contributed by atoms with E-state index in [2.05, 4.69) is 20.6 Å². The van der Waals surface area contributed by atoms with Crippen LogP contribution in [0.15, 0.2) is 42.7 Å². The molecule has 3 aromatic rings. The lowest BCUT2D eigenvalue weighted by molar-refractivity contribution is -0.0391. The van der Waals surface area contributed by atoms with Gasteiger partial charge >= 0.3 is 6.09 Å². The summed E-state index contributed by atoms with van der Waals surface area (Å²) >= 11 is 0. The van der Waals surface area contributed by atoms with Crippen LogP contribution in [0.5, 0.6) is 5.75 Å². The third-order valence-corrected chi connectivity index (χ3v) is 7.79. The van der Waals surface area contributed by atoms with Crippen molar-refractivity contribution >= 4 is 23.4 Å². The smallest absolute Gasteiger partial charge is 0.404 e. The van der Waals surface area contributed by atoms with Crippen LogP contribution in [0.1, 0.15) is 42.2 Å². The summed E-state index contributed by atoms with van der Waals surface area (Å²) in [6.45, 7) is 2.60. The summed E-state index contributed by atoms with van der Waals surface area (Å²) < 4.78 is 29.9. The van der Waals surface area contributed by atoms with Gasteiger partial charge < -0.3 is 36.6 Å². The van der Waals surface area contributed by atoms with Crippen molar-refractivity contribution in [2.75, 3.05) is 23.3 Å². The van der Waals surface area contributed by atoms with Crippen molar-refractivity contribution in [2.45, 2.75) is 43.9 Å². The lowest BCUT2D eigenvalue weighted by Crippen LogP contribution is -2.61. The molecule has 1 aliphatic carbocycles. The highest BCUT2D eigenvalue weighted by atomic mass is 19.1. The Balaban J connectivity index is 1.39. The lowest BCUT2D eigenvalue weighted by Gasteiger charge is -2.42. The predicted molar refractivity (Wildman–Crippen MR) is 145 cm³/mol. The van der Waals surface area contributed by atoms with E-state index >= 15 is 4.39 Å². The molecule has 2 aliphatic rings. The van der Waals surface area contributed by atoms with Gasteiger partial charge in [-0.05, 0) is 61.1 Å². The number of halogens is 2. The molecule has 13 heteroatoms. The van der Waals surface area contributed by atoms with Crippen LogP contribution in [-0.4, -0.2) is 62.5 Å². The van der Waals surface area contributed by atoms with Crippen LogP contribution in [0.2, 0.25) is 0 Å². The van der Waals surface area contributed by atoms with E-state index in [-0.39, 0.29) is 17.2 Å². The van der Waals surface area contributed by atoms with E-state index in [0.717, 1.165) is 24.6 Å². The van der Waals surface area contributed by atoms with Gasteiger partial charge in [0.2, 0.25) is 0 Å². The maximum absolute atomic E-state index is 15.1.